The second-order valence-electron chi connectivity index (χ2n) is 3.04. The molecule has 0 aromatic carbocycles. The van der Waals surface area contributed by atoms with Crippen molar-refractivity contribution in [3.05, 3.63) is 16.1 Å². The lowest BCUT2D eigenvalue weighted by molar-refractivity contribution is 0.149. The quantitative estimate of drug-likeness (QED) is 0.686. The molecule has 1 N–H and O–H groups in total. The van der Waals surface area contributed by atoms with Gasteiger partial charge in [-0.3, -0.25) is 0 Å². The van der Waals surface area contributed by atoms with Crippen LogP contribution in [-0.4, -0.2) is 31.9 Å². The van der Waals surface area contributed by atoms with Gasteiger partial charge >= 0.3 is 0 Å². The Kier molecular flexibility index (Phi) is 6.50. The topological polar surface area (TPSA) is 43.4 Å². The maximum absolute atomic E-state index is 5.21. The Morgan fingerprint density at radius 1 is 1.53 bits per heavy atom. The van der Waals surface area contributed by atoms with Gasteiger partial charge in [0.2, 0.25) is 0 Å². The van der Waals surface area contributed by atoms with E-state index in [0.29, 0.717) is 6.61 Å². The normalized spacial score (nSPS) is 10.8. The molecule has 1 rings (SSSR count). The molecule has 0 spiro atoms. The molecule has 0 unspecified atom stereocenters. The number of nitrogens with zero attached hydrogens (tertiary/aromatic N) is 1. The molecule has 1 aromatic rings. The summed E-state index contributed by atoms with van der Waals surface area (Å²) in [4.78, 5) is 4.41. The third-order valence-corrected chi connectivity index (χ3v) is 2.67. The fourth-order valence-electron chi connectivity index (χ4n) is 1.13. The maximum atomic E-state index is 5.21. The first-order chi connectivity index (χ1) is 7.36. The molecule has 0 atom stereocenters. The van der Waals surface area contributed by atoms with Crippen molar-refractivity contribution in [3.63, 3.8) is 0 Å². The Balaban J connectivity index is 2.14. The van der Waals surface area contributed by atoms with Crippen molar-refractivity contribution in [1.29, 1.82) is 0 Å². The minimum atomic E-state index is 0.601. The number of rotatable bonds is 8. The smallest absolute Gasteiger partial charge is 0.119 e. The van der Waals surface area contributed by atoms with Crippen LogP contribution in [0, 0.1) is 0 Å². The van der Waals surface area contributed by atoms with Crippen molar-refractivity contribution in [2.45, 2.75) is 20.1 Å². The predicted molar refractivity (Wildman–Crippen MR) is 61.0 cm³/mol. The molecule has 0 bridgehead atoms. The van der Waals surface area contributed by atoms with Crippen LogP contribution in [0.4, 0.5) is 0 Å². The lowest BCUT2D eigenvalue weighted by atomic mass is 10.5. The third-order valence-electron chi connectivity index (χ3n) is 1.80. The Morgan fingerprint density at radius 3 is 3.13 bits per heavy atom. The average molecular weight is 230 g/mol. The van der Waals surface area contributed by atoms with Crippen molar-refractivity contribution >= 4 is 11.3 Å². The molecule has 0 amide bonds. The van der Waals surface area contributed by atoms with E-state index < -0.39 is 0 Å². The molecule has 15 heavy (non-hydrogen) atoms. The minimum Gasteiger partial charge on any atom is -0.380 e. The van der Waals surface area contributed by atoms with Gasteiger partial charge in [0.05, 0.1) is 18.9 Å². The Bertz CT molecular complexity index is 266. The van der Waals surface area contributed by atoms with E-state index in [1.165, 1.54) is 0 Å². The van der Waals surface area contributed by atoms with Gasteiger partial charge in [-0.25, -0.2) is 4.98 Å². The van der Waals surface area contributed by atoms with Crippen LogP contribution in [0.3, 0.4) is 0 Å². The van der Waals surface area contributed by atoms with Crippen LogP contribution in [0.5, 0.6) is 0 Å². The summed E-state index contributed by atoms with van der Waals surface area (Å²) in [6.45, 7) is 5.79. The monoisotopic (exact) mass is 230 g/mol. The van der Waals surface area contributed by atoms with Crippen LogP contribution in [0.25, 0.3) is 0 Å². The summed E-state index contributed by atoms with van der Waals surface area (Å²) in [7, 11) is 1.68. The molecule has 1 aromatic heterocycles. The van der Waals surface area contributed by atoms with Crippen molar-refractivity contribution in [3.8, 4) is 0 Å². The van der Waals surface area contributed by atoms with Gasteiger partial charge in [0.15, 0.2) is 0 Å². The predicted octanol–water partition coefficient (Wildman–Crippen LogP) is 1.42. The van der Waals surface area contributed by atoms with E-state index in [1.807, 2.05) is 6.92 Å². The third kappa shape index (κ3) is 5.22. The van der Waals surface area contributed by atoms with Gasteiger partial charge in [0.25, 0.3) is 0 Å². The highest BCUT2D eigenvalue weighted by Gasteiger charge is 2.00. The second-order valence-corrected chi connectivity index (χ2v) is 3.98. The largest absolute Gasteiger partial charge is 0.380 e. The number of thiazole rings is 1. The maximum Gasteiger partial charge on any atom is 0.119 e. The van der Waals surface area contributed by atoms with Crippen molar-refractivity contribution in [2.75, 3.05) is 26.9 Å². The molecule has 0 saturated carbocycles. The summed E-state index contributed by atoms with van der Waals surface area (Å²) >= 11 is 1.64. The summed E-state index contributed by atoms with van der Waals surface area (Å²) in [5.41, 5.74) is 1.07. The van der Waals surface area contributed by atoms with Crippen LogP contribution in [0.2, 0.25) is 0 Å². The van der Waals surface area contributed by atoms with E-state index in [9.17, 15) is 0 Å². The molecular weight excluding hydrogens is 212 g/mol. The van der Waals surface area contributed by atoms with Crippen molar-refractivity contribution < 1.29 is 9.47 Å². The fraction of sp³-hybridized carbons (Fsp3) is 0.700. The first-order valence-electron chi connectivity index (χ1n) is 5.07. The van der Waals surface area contributed by atoms with Crippen LogP contribution in [0.15, 0.2) is 5.38 Å². The molecule has 4 nitrogen and oxygen atoms in total. The average Bonchev–Trinajstić information content (AvgIpc) is 2.66. The molecule has 0 aliphatic rings. The molecule has 86 valence electrons. The van der Waals surface area contributed by atoms with E-state index in [1.54, 1.807) is 18.4 Å². The first kappa shape index (κ1) is 12.6. The van der Waals surface area contributed by atoms with Gasteiger partial charge in [-0.1, -0.05) is 0 Å². The van der Waals surface area contributed by atoms with Gasteiger partial charge in [0.1, 0.15) is 5.01 Å². The van der Waals surface area contributed by atoms with E-state index in [-0.39, 0.29) is 0 Å². The summed E-state index contributed by atoms with van der Waals surface area (Å²) in [5.74, 6) is 0. The molecule has 0 saturated heterocycles. The van der Waals surface area contributed by atoms with Crippen molar-refractivity contribution in [1.82, 2.24) is 10.3 Å². The van der Waals surface area contributed by atoms with E-state index in [4.69, 9.17) is 9.47 Å². The molecular formula is C10H18N2O2S. The highest BCUT2D eigenvalue weighted by molar-refractivity contribution is 7.09. The lowest BCUT2D eigenvalue weighted by Gasteiger charge is -2.02. The number of methoxy groups -OCH3 is 1. The Labute approximate surface area is 94.6 Å². The highest BCUT2D eigenvalue weighted by Crippen LogP contribution is 2.10. The Morgan fingerprint density at radius 2 is 2.40 bits per heavy atom. The van der Waals surface area contributed by atoms with E-state index >= 15 is 0 Å². The second kappa shape index (κ2) is 7.76. The minimum absolute atomic E-state index is 0.601. The number of ether oxygens (including phenoxy) is 2. The first-order valence-corrected chi connectivity index (χ1v) is 5.95. The highest BCUT2D eigenvalue weighted by atomic mass is 32.1. The van der Waals surface area contributed by atoms with Crippen LogP contribution in [0.1, 0.15) is 17.6 Å². The molecule has 0 aliphatic heterocycles. The molecule has 0 fully saturated rings. The molecule has 0 radical (unpaired) electrons. The molecule has 1 heterocycles. The van der Waals surface area contributed by atoms with Gasteiger partial charge in [-0.2, -0.15) is 0 Å². The summed E-state index contributed by atoms with van der Waals surface area (Å²) in [6.07, 6.45) is 0. The summed E-state index contributed by atoms with van der Waals surface area (Å²) < 4.78 is 10.2. The molecule has 5 heteroatoms. The number of aromatic nitrogens is 1. The number of hydrogen-bond acceptors (Lipinski definition) is 5. The van der Waals surface area contributed by atoms with Gasteiger partial charge in [-0.05, 0) is 6.92 Å². The van der Waals surface area contributed by atoms with Crippen LogP contribution < -0.4 is 5.32 Å². The van der Waals surface area contributed by atoms with Gasteiger partial charge in [-0.15, -0.1) is 11.3 Å². The van der Waals surface area contributed by atoms with Gasteiger partial charge < -0.3 is 14.8 Å². The summed E-state index contributed by atoms with van der Waals surface area (Å²) in [6, 6.07) is 0. The SMILES string of the molecule is CCOCCNCc1csc(COC)n1. The van der Waals surface area contributed by atoms with Crippen LogP contribution >= 0.6 is 11.3 Å². The fourth-order valence-corrected chi connectivity index (χ4v) is 1.89. The van der Waals surface area contributed by atoms with Gasteiger partial charge in [0, 0.05) is 32.2 Å². The van der Waals surface area contributed by atoms with E-state index in [0.717, 1.165) is 37.0 Å². The number of nitrogens with one attached hydrogen (secondary N) is 1. The standard InChI is InChI=1S/C10H18N2O2S/c1-3-14-5-4-11-6-9-8-15-10(12-9)7-13-2/h8,11H,3-7H2,1-2H3. The zero-order valence-corrected chi connectivity index (χ0v) is 10.1. The summed E-state index contributed by atoms with van der Waals surface area (Å²) in [5, 5.41) is 6.35. The Hall–Kier alpha value is -0.490. The lowest BCUT2D eigenvalue weighted by Crippen LogP contribution is -2.19. The molecule has 0 aliphatic carbocycles. The van der Waals surface area contributed by atoms with E-state index in [2.05, 4.69) is 15.7 Å². The number of hydrogen-bond donors (Lipinski definition) is 1. The van der Waals surface area contributed by atoms with Crippen LogP contribution in [-0.2, 0) is 22.6 Å². The zero-order valence-electron chi connectivity index (χ0n) is 9.28. The zero-order chi connectivity index (χ0) is 10.9. The van der Waals surface area contributed by atoms with Crippen molar-refractivity contribution in [2.24, 2.45) is 0 Å².